The monoisotopic (exact) mass is 464 g/mol. The first kappa shape index (κ1) is 22.9. The molecular weight excluding hydrogens is 440 g/mol. The topological polar surface area (TPSA) is 65.0 Å². The maximum absolute atomic E-state index is 13.1. The van der Waals surface area contributed by atoms with Gasteiger partial charge >= 0.3 is 0 Å². The van der Waals surface area contributed by atoms with Crippen LogP contribution in [0.4, 0.5) is 0 Å². The molecule has 1 aliphatic rings. The van der Waals surface area contributed by atoms with E-state index in [0.717, 1.165) is 5.56 Å². The summed E-state index contributed by atoms with van der Waals surface area (Å²) in [5.41, 5.74) is 2.18. The average Bonchev–Trinajstić information content (AvgIpc) is 2.81. The number of rotatable bonds is 8. The number of ketones is 1. The van der Waals surface area contributed by atoms with Crippen molar-refractivity contribution < 1.29 is 24.1 Å². The van der Waals surface area contributed by atoms with Gasteiger partial charge in [0, 0.05) is 10.6 Å². The molecule has 1 N–H and O–H groups in total. The number of fused-ring (bicyclic) bond motifs is 1. The molecule has 0 fully saturated rings. The summed E-state index contributed by atoms with van der Waals surface area (Å²) in [4.78, 5) is 13.1. The van der Waals surface area contributed by atoms with E-state index in [1.54, 1.807) is 30.3 Å². The minimum Gasteiger partial charge on any atom is -0.488 e. The Morgan fingerprint density at radius 3 is 2.61 bits per heavy atom. The molecule has 1 heterocycles. The van der Waals surface area contributed by atoms with Crippen LogP contribution in [0.15, 0.2) is 66.7 Å². The number of aliphatic hydroxyl groups is 1. The summed E-state index contributed by atoms with van der Waals surface area (Å²) >= 11 is 6.15. The second-order valence-corrected chi connectivity index (χ2v) is 8.73. The summed E-state index contributed by atoms with van der Waals surface area (Å²) < 4.78 is 17.8. The van der Waals surface area contributed by atoms with Crippen molar-refractivity contribution in [1.29, 1.82) is 0 Å². The minimum atomic E-state index is -0.449. The van der Waals surface area contributed by atoms with Gasteiger partial charge in [0.1, 0.15) is 29.5 Å². The maximum atomic E-state index is 13.1. The van der Waals surface area contributed by atoms with E-state index >= 15 is 0 Å². The van der Waals surface area contributed by atoms with Crippen molar-refractivity contribution in [1.82, 2.24) is 0 Å². The normalized spacial score (nSPS) is 13.7. The van der Waals surface area contributed by atoms with E-state index < -0.39 is 5.60 Å². The zero-order chi connectivity index (χ0) is 23.4. The first-order valence-electron chi connectivity index (χ1n) is 10.6. The zero-order valence-electron chi connectivity index (χ0n) is 18.5. The van der Waals surface area contributed by atoms with Crippen molar-refractivity contribution in [2.75, 3.05) is 6.61 Å². The lowest BCUT2D eigenvalue weighted by Gasteiger charge is -2.29. The number of carbonyl (C=O) groups excluding carboxylic acids is 1. The molecule has 0 aromatic heterocycles. The van der Waals surface area contributed by atoms with E-state index in [1.807, 2.05) is 56.3 Å². The second-order valence-electron chi connectivity index (χ2n) is 8.29. The fourth-order valence-electron chi connectivity index (χ4n) is 3.57. The van der Waals surface area contributed by atoms with Gasteiger partial charge in [-0.3, -0.25) is 4.79 Å². The quantitative estimate of drug-likeness (QED) is 0.423. The number of benzene rings is 3. The second kappa shape index (κ2) is 9.69. The van der Waals surface area contributed by atoms with Crippen molar-refractivity contribution in [2.24, 2.45) is 0 Å². The van der Waals surface area contributed by atoms with Crippen LogP contribution in [0, 0.1) is 0 Å². The molecule has 0 unspecified atom stereocenters. The summed E-state index contributed by atoms with van der Waals surface area (Å²) in [5.74, 6) is 1.19. The highest BCUT2D eigenvalue weighted by Gasteiger charge is 2.25. The summed E-state index contributed by atoms with van der Waals surface area (Å²) in [6.07, 6.45) is 3.81. The molecule has 0 saturated carbocycles. The van der Waals surface area contributed by atoms with E-state index in [4.69, 9.17) is 25.8 Å². The van der Waals surface area contributed by atoms with Gasteiger partial charge in [0.15, 0.2) is 6.61 Å². The van der Waals surface area contributed by atoms with Crippen LogP contribution in [0.1, 0.15) is 40.9 Å². The Kier molecular flexibility index (Phi) is 6.72. The van der Waals surface area contributed by atoms with E-state index in [9.17, 15) is 9.90 Å². The molecular formula is C27H25ClO5. The minimum absolute atomic E-state index is 0.222. The molecule has 4 rings (SSSR count). The molecule has 0 amide bonds. The van der Waals surface area contributed by atoms with Gasteiger partial charge in [0.2, 0.25) is 5.78 Å². The number of hydrogen-bond donors (Lipinski definition) is 1. The van der Waals surface area contributed by atoms with Crippen LogP contribution in [0.2, 0.25) is 5.02 Å². The van der Waals surface area contributed by atoms with Gasteiger partial charge in [-0.05, 0) is 61.9 Å². The summed E-state index contributed by atoms with van der Waals surface area (Å²) in [6, 6.07) is 18.1. The van der Waals surface area contributed by atoms with Gasteiger partial charge in [-0.15, -0.1) is 0 Å². The highest BCUT2D eigenvalue weighted by molar-refractivity contribution is 6.30. The molecule has 5 nitrogen and oxygen atoms in total. The number of Topliss-reactive ketones (excluding diaryl/α,β-unsaturated/α-hetero) is 1. The highest BCUT2D eigenvalue weighted by atomic mass is 35.5. The van der Waals surface area contributed by atoms with Crippen LogP contribution in [-0.2, 0) is 13.2 Å². The van der Waals surface area contributed by atoms with Gasteiger partial charge < -0.3 is 19.3 Å². The third-order valence-corrected chi connectivity index (χ3v) is 5.50. The largest absolute Gasteiger partial charge is 0.488 e. The Bertz CT molecular complexity index is 1180. The van der Waals surface area contributed by atoms with Gasteiger partial charge in [-0.25, -0.2) is 0 Å². The molecule has 0 aliphatic carbocycles. The Balaban J connectivity index is 1.54. The fourth-order valence-corrected chi connectivity index (χ4v) is 3.73. The first-order chi connectivity index (χ1) is 15.9. The smallest absolute Gasteiger partial charge is 0.203 e. The molecule has 3 aromatic carbocycles. The Morgan fingerprint density at radius 2 is 1.85 bits per heavy atom. The van der Waals surface area contributed by atoms with E-state index in [0.29, 0.717) is 45.6 Å². The lowest BCUT2D eigenvalue weighted by molar-refractivity contribution is 0.0913. The molecule has 33 heavy (non-hydrogen) atoms. The predicted molar refractivity (Wildman–Crippen MR) is 128 cm³/mol. The summed E-state index contributed by atoms with van der Waals surface area (Å²) in [6.45, 7) is 3.76. The number of ether oxygens (including phenoxy) is 3. The van der Waals surface area contributed by atoms with Crippen LogP contribution in [-0.4, -0.2) is 23.1 Å². The lowest BCUT2D eigenvalue weighted by Crippen LogP contribution is -2.27. The van der Waals surface area contributed by atoms with Gasteiger partial charge in [-0.2, -0.15) is 0 Å². The Hall–Kier alpha value is -3.28. The average molecular weight is 465 g/mol. The van der Waals surface area contributed by atoms with Gasteiger partial charge in [0.25, 0.3) is 0 Å². The first-order valence-corrected chi connectivity index (χ1v) is 11.0. The molecule has 0 bridgehead atoms. The molecule has 170 valence electrons. The highest BCUT2D eigenvalue weighted by Crippen LogP contribution is 2.39. The number of hydrogen-bond acceptors (Lipinski definition) is 5. The van der Waals surface area contributed by atoms with Crippen LogP contribution < -0.4 is 14.2 Å². The number of halogens is 1. The Morgan fingerprint density at radius 1 is 1.06 bits per heavy atom. The van der Waals surface area contributed by atoms with Crippen LogP contribution in [0.3, 0.4) is 0 Å². The standard InChI is InChI=1S/C27H25ClO5/c1-27(2)13-12-22-24(33-27)11-8-19(15-29)26(22)32-17-23(30)21-10-9-20(28)14-25(21)31-16-18-6-4-3-5-7-18/h3-14,29H,15-17H2,1-2H3. The molecule has 0 saturated heterocycles. The third kappa shape index (κ3) is 5.38. The van der Waals surface area contributed by atoms with E-state index in [2.05, 4.69) is 0 Å². The molecule has 0 spiro atoms. The summed E-state index contributed by atoms with van der Waals surface area (Å²) in [7, 11) is 0. The van der Waals surface area contributed by atoms with Crippen molar-refractivity contribution in [2.45, 2.75) is 32.7 Å². The van der Waals surface area contributed by atoms with Crippen molar-refractivity contribution in [3.05, 3.63) is 94.0 Å². The number of aliphatic hydroxyl groups excluding tert-OH is 1. The van der Waals surface area contributed by atoms with Crippen LogP contribution in [0.5, 0.6) is 17.2 Å². The molecule has 6 heteroatoms. The van der Waals surface area contributed by atoms with Gasteiger partial charge in [-0.1, -0.05) is 41.9 Å². The molecule has 3 aromatic rings. The van der Waals surface area contributed by atoms with E-state index in [1.165, 1.54) is 0 Å². The van der Waals surface area contributed by atoms with Crippen molar-refractivity contribution >= 4 is 23.5 Å². The van der Waals surface area contributed by atoms with Crippen LogP contribution >= 0.6 is 11.6 Å². The van der Waals surface area contributed by atoms with Crippen molar-refractivity contribution in [3.63, 3.8) is 0 Å². The van der Waals surface area contributed by atoms with E-state index in [-0.39, 0.29) is 19.0 Å². The molecule has 1 aliphatic heterocycles. The predicted octanol–water partition coefficient (Wildman–Crippen LogP) is 5.86. The fraction of sp³-hybridized carbons (Fsp3) is 0.222. The SMILES string of the molecule is CC1(C)C=Cc2c(ccc(CO)c2OCC(=O)c2ccc(Cl)cc2OCc2ccccc2)O1. The third-order valence-electron chi connectivity index (χ3n) is 5.26. The lowest BCUT2D eigenvalue weighted by atomic mass is 9.99. The maximum Gasteiger partial charge on any atom is 0.203 e. The summed E-state index contributed by atoms with van der Waals surface area (Å²) in [5, 5.41) is 10.3. The Labute approximate surface area is 198 Å². The van der Waals surface area contributed by atoms with Crippen LogP contribution in [0.25, 0.3) is 6.08 Å². The van der Waals surface area contributed by atoms with Gasteiger partial charge in [0.05, 0.1) is 17.7 Å². The zero-order valence-corrected chi connectivity index (χ0v) is 19.3. The van der Waals surface area contributed by atoms with Crippen molar-refractivity contribution in [3.8, 4) is 17.2 Å². The molecule has 0 radical (unpaired) electrons. The molecule has 0 atom stereocenters. The number of carbonyl (C=O) groups is 1.